The summed E-state index contributed by atoms with van der Waals surface area (Å²) in [4.78, 5) is 0. The molecule has 0 bridgehead atoms. The van der Waals surface area contributed by atoms with Gasteiger partial charge in [-0.1, -0.05) is 18.2 Å². The van der Waals surface area contributed by atoms with Crippen LogP contribution in [-0.2, 0) is 0 Å². The maximum Gasteiger partial charge on any atom is 0.152 e. The van der Waals surface area contributed by atoms with Crippen molar-refractivity contribution in [2.75, 3.05) is 0 Å². The second kappa shape index (κ2) is 3.13. The lowest BCUT2D eigenvalue weighted by molar-refractivity contribution is 0.211. The van der Waals surface area contributed by atoms with E-state index in [0.717, 1.165) is 0 Å². The van der Waals surface area contributed by atoms with E-state index in [1.165, 1.54) is 0 Å². The highest BCUT2D eigenvalue weighted by atomic mass is 16.3. The number of aliphatic hydroxyl groups is 1. The average Bonchev–Trinajstić information content (AvgIpc) is 2.04. The fraction of sp³-hybridized carbons (Fsp3) is 0.250. The Morgan fingerprint density at radius 1 is 1.64 bits per heavy atom. The van der Waals surface area contributed by atoms with E-state index in [1.807, 2.05) is 0 Å². The van der Waals surface area contributed by atoms with Crippen LogP contribution in [0.1, 0.15) is 0 Å². The molecule has 0 saturated carbocycles. The van der Waals surface area contributed by atoms with Crippen molar-refractivity contribution in [2.45, 2.75) is 6.10 Å². The zero-order chi connectivity index (χ0) is 8.27. The third-order valence-corrected chi connectivity index (χ3v) is 1.54. The number of hydrogen-bond acceptors (Lipinski definition) is 3. The second-order valence-corrected chi connectivity index (χ2v) is 2.30. The quantitative estimate of drug-likeness (QED) is 0.535. The van der Waals surface area contributed by atoms with Gasteiger partial charge in [-0.25, -0.2) is 0 Å². The van der Waals surface area contributed by atoms with Gasteiger partial charge in [-0.05, 0) is 6.08 Å². The molecule has 2 atom stereocenters. The largest absolute Gasteiger partial charge is 0.377 e. The van der Waals surface area contributed by atoms with Gasteiger partial charge in [-0.15, -0.1) is 0 Å². The molecule has 1 aliphatic carbocycles. The van der Waals surface area contributed by atoms with Crippen LogP contribution in [0.25, 0.3) is 0 Å². The first kappa shape index (κ1) is 7.70. The zero-order valence-corrected chi connectivity index (χ0v) is 5.86. The minimum atomic E-state index is -1.09. The van der Waals surface area contributed by atoms with Crippen LogP contribution in [0, 0.1) is 22.7 Å². The Kier molecular flexibility index (Phi) is 2.19. The molecule has 0 aromatic rings. The molecule has 2 N–H and O–H groups in total. The predicted octanol–water partition coefficient (Wildman–Crippen LogP) is 0.633. The van der Waals surface area contributed by atoms with Gasteiger partial charge in [-0.3, -0.25) is 0 Å². The number of nitrogens with one attached hydrogen (secondary N) is 1. The van der Waals surface area contributed by atoms with Crippen molar-refractivity contribution in [3.8, 4) is 6.07 Å². The molecular formula is C8H8N2O. The molecule has 0 fully saturated rings. The molecule has 0 aliphatic heterocycles. The van der Waals surface area contributed by atoms with E-state index >= 15 is 0 Å². The number of allylic oxidation sites excluding steroid dienone is 3. The van der Waals surface area contributed by atoms with E-state index in [4.69, 9.17) is 15.8 Å². The molecule has 0 amide bonds. The van der Waals surface area contributed by atoms with Crippen LogP contribution < -0.4 is 0 Å². The smallest absolute Gasteiger partial charge is 0.152 e. The Labute approximate surface area is 64.8 Å². The first-order chi connectivity index (χ1) is 5.25. The summed E-state index contributed by atoms with van der Waals surface area (Å²) in [6.45, 7) is 0. The van der Waals surface area contributed by atoms with E-state index in [-0.39, 0.29) is 5.71 Å². The van der Waals surface area contributed by atoms with E-state index < -0.39 is 12.0 Å². The van der Waals surface area contributed by atoms with Crippen molar-refractivity contribution in [3.05, 3.63) is 24.3 Å². The van der Waals surface area contributed by atoms with Crippen LogP contribution in [-0.4, -0.2) is 16.9 Å². The van der Waals surface area contributed by atoms with Gasteiger partial charge in [0.25, 0.3) is 0 Å². The predicted molar refractivity (Wildman–Crippen MR) is 41.1 cm³/mol. The molecule has 0 saturated heterocycles. The fourth-order valence-corrected chi connectivity index (χ4v) is 0.913. The van der Waals surface area contributed by atoms with Gasteiger partial charge in [-0.2, -0.15) is 5.26 Å². The first-order valence-electron chi connectivity index (χ1n) is 3.26. The summed E-state index contributed by atoms with van der Waals surface area (Å²) in [6, 6.07) is 1.69. The molecule has 3 nitrogen and oxygen atoms in total. The van der Waals surface area contributed by atoms with Crippen LogP contribution in [0.2, 0.25) is 0 Å². The maximum absolute atomic E-state index is 9.07. The normalized spacial score (nSPS) is 24.7. The molecule has 0 spiro atoms. The Balaban J connectivity index is 2.75. The standard InChI is InChI=1S/C8H8N2O/c9-5-8(11)6-3-1-2-4-7(6)10/h1-4,6,8,10-11H. The summed E-state index contributed by atoms with van der Waals surface area (Å²) in [5, 5.41) is 24.7. The molecule has 0 heterocycles. The Hall–Kier alpha value is -1.40. The van der Waals surface area contributed by atoms with E-state index in [0.29, 0.717) is 0 Å². The van der Waals surface area contributed by atoms with Crippen molar-refractivity contribution in [2.24, 2.45) is 5.92 Å². The molecule has 56 valence electrons. The number of hydrogen-bond donors (Lipinski definition) is 2. The van der Waals surface area contributed by atoms with Gasteiger partial charge in [0.2, 0.25) is 0 Å². The van der Waals surface area contributed by atoms with Gasteiger partial charge in [0.15, 0.2) is 6.10 Å². The molecule has 1 rings (SSSR count). The summed E-state index contributed by atoms with van der Waals surface area (Å²) in [5.74, 6) is -0.454. The third kappa shape index (κ3) is 1.54. The lowest BCUT2D eigenvalue weighted by Crippen LogP contribution is -2.24. The lowest BCUT2D eigenvalue weighted by Gasteiger charge is -2.14. The summed E-state index contributed by atoms with van der Waals surface area (Å²) in [6.07, 6.45) is 5.57. The highest BCUT2D eigenvalue weighted by Gasteiger charge is 2.19. The van der Waals surface area contributed by atoms with Crippen molar-refractivity contribution in [3.63, 3.8) is 0 Å². The van der Waals surface area contributed by atoms with Crippen LogP contribution in [0.15, 0.2) is 24.3 Å². The van der Waals surface area contributed by atoms with Crippen LogP contribution in [0.4, 0.5) is 0 Å². The highest BCUT2D eigenvalue weighted by molar-refractivity contribution is 5.97. The van der Waals surface area contributed by atoms with Gasteiger partial charge < -0.3 is 10.5 Å². The van der Waals surface area contributed by atoms with Crippen LogP contribution >= 0.6 is 0 Å². The van der Waals surface area contributed by atoms with Crippen LogP contribution in [0.3, 0.4) is 0 Å². The number of rotatable bonds is 1. The van der Waals surface area contributed by atoms with E-state index in [1.54, 1.807) is 30.4 Å². The molecule has 11 heavy (non-hydrogen) atoms. The average molecular weight is 148 g/mol. The van der Waals surface area contributed by atoms with Crippen molar-refractivity contribution >= 4 is 5.71 Å². The minimum Gasteiger partial charge on any atom is -0.377 e. The molecule has 2 unspecified atom stereocenters. The summed E-state index contributed by atoms with van der Waals surface area (Å²) in [7, 11) is 0. The molecule has 3 heteroatoms. The fourth-order valence-electron chi connectivity index (χ4n) is 0.913. The Morgan fingerprint density at radius 2 is 2.36 bits per heavy atom. The Bertz CT molecular complexity index is 260. The minimum absolute atomic E-state index is 0.279. The van der Waals surface area contributed by atoms with Crippen molar-refractivity contribution in [1.82, 2.24) is 0 Å². The number of nitrogens with zero attached hydrogens (tertiary/aromatic N) is 1. The summed E-state index contributed by atoms with van der Waals surface area (Å²) < 4.78 is 0. The zero-order valence-electron chi connectivity index (χ0n) is 5.86. The molecule has 1 aliphatic rings. The highest BCUT2D eigenvalue weighted by Crippen LogP contribution is 2.11. The third-order valence-electron chi connectivity index (χ3n) is 1.54. The summed E-state index contributed by atoms with van der Waals surface area (Å²) in [5.41, 5.74) is 0.279. The monoisotopic (exact) mass is 148 g/mol. The SMILES string of the molecule is N#CC(O)C1C=CC=CC1=N. The van der Waals surface area contributed by atoms with E-state index in [2.05, 4.69) is 0 Å². The van der Waals surface area contributed by atoms with Crippen molar-refractivity contribution in [1.29, 1.82) is 10.7 Å². The number of aliphatic hydroxyl groups excluding tert-OH is 1. The number of nitriles is 1. The molecule has 0 aromatic carbocycles. The van der Waals surface area contributed by atoms with Gasteiger partial charge >= 0.3 is 0 Å². The van der Waals surface area contributed by atoms with Gasteiger partial charge in [0.1, 0.15) is 0 Å². The van der Waals surface area contributed by atoms with Crippen LogP contribution in [0.5, 0.6) is 0 Å². The van der Waals surface area contributed by atoms with Crippen molar-refractivity contribution < 1.29 is 5.11 Å². The van der Waals surface area contributed by atoms with Gasteiger partial charge in [0, 0.05) is 5.71 Å². The molecule has 0 aromatic heterocycles. The summed E-state index contributed by atoms with van der Waals surface area (Å²) >= 11 is 0. The lowest BCUT2D eigenvalue weighted by atomic mass is 9.94. The second-order valence-electron chi connectivity index (χ2n) is 2.30. The molecular weight excluding hydrogens is 140 g/mol. The van der Waals surface area contributed by atoms with Gasteiger partial charge in [0.05, 0.1) is 12.0 Å². The topological polar surface area (TPSA) is 67.9 Å². The molecule has 0 radical (unpaired) electrons. The first-order valence-corrected chi connectivity index (χ1v) is 3.26. The Morgan fingerprint density at radius 3 is 2.91 bits per heavy atom. The maximum atomic E-state index is 9.07. The van der Waals surface area contributed by atoms with E-state index in [9.17, 15) is 0 Å².